The maximum absolute atomic E-state index is 12.9. The molecule has 4 nitrogen and oxygen atoms in total. The summed E-state index contributed by atoms with van der Waals surface area (Å²) >= 11 is 5.68. The van der Waals surface area contributed by atoms with Crippen molar-refractivity contribution in [2.24, 2.45) is 7.05 Å². The van der Waals surface area contributed by atoms with E-state index in [-0.39, 0.29) is 5.02 Å². The van der Waals surface area contributed by atoms with Crippen molar-refractivity contribution in [3.8, 4) is 0 Å². The molecule has 0 fully saturated rings. The first kappa shape index (κ1) is 11.9. The van der Waals surface area contributed by atoms with Gasteiger partial charge < -0.3 is 9.88 Å². The van der Waals surface area contributed by atoms with Gasteiger partial charge in [0, 0.05) is 12.7 Å². The van der Waals surface area contributed by atoms with Crippen molar-refractivity contribution in [2.45, 2.75) is 13.5 Å². The highest BCUT2D eigenvalue weighted by atomic mass is 35.5. The number of nitrogens with zero attached hydrogens (tertiary/aromatic N) is 3. The quantitative estimate of drug-likeness (QED) is 0.915. The summed E-state index contributed by atoms with van der Waals surface area (Å²) in [6, 6.07) is 4.50. The van der Waals surface area contributed by atoms with E-state index < -0.39 is 5.82 Å². The number of aryl methyl sites for hydroxylation is 1. The SMILES string of the molecule is Cc1nnc(CNc2ccc(F)c(Cl)c2)n1C. The molecule has 0 atom stereocenters. The zero-order valence-electron chi connectivity index (χ0n) is 9.54. The first-order valence-electron chi connectivity index (χ1n) is 5.11. The number of benzene rings is 1. The van der Waals surface area contributed by atoms with E-state index in [1.165, 1.54) is 6.07 Å². The molecule has 2 rings (SSSR count). The van der Waals surface area contributed by atoms with Crippen molar-refractivity contribution in [2.75, 3.05) is 5.32 Å². The van der Waals surface area contributed by atoms with E-state index in [2.05, 4.69) is 15.5 Å². The van der Waals surface area contributed by atoms with Gasteiger partial charge >= 0.3 is 0 Å². The lowest BCUT2D eigenvalue weighted by molar-refractivity contribution is 0.628. The molecule has 0 bridgehead atoms. The van der Waals surface area contributed by atoms with Gasteiger partial charge in [-0.15, -0.1) is 10.2 Å². The monoisotopic (exact) mass is 254 g/mol. The van der Waals surface area contributed by atoms with Crippen LogP contribution in [0.5, 0.6) is 0 Å². The Morgan fingerprint density at radius 2 is 2.18 bits per heavy atom. The molecule has 0 amide bonds. The number of rotatable bonds is 3. The van der Waals surface area contributed by atoms with Crippen molar-refractivity contribution in [3.05, 3.63) is 40.7 Å². The molecule has 6 heteroatoms. The second-order valence-electron chi connectivity index (χ2n) is 3.70. The van der Waals surface area contributed by atoms with Crippen LogP contribution in [0.2, 0.25) is 5.02 Å². The van der Waals surface area contributed by atoms with E-state index in [9.17, 15) is 4.39 Å². The van der Waals surface area contributed by atoms with Gasteiger partial charge in [-0.05, 0) is 25.1 Å². The molecule has 1 aromatic carbocycles. The van der Waals surface area contributed by atoms with Crippen LogP contribution in [0.3, 0.4) is 0 Å². The number of hydrogen-bond acceptors (Lipinski definition) is 3. The summed E-state index contributed by atoms with van der Waals surface area (Å²) in [5.41, 5.74) is 0.747. The van der Waals surface area contributed by atoms with Crippen LogP contribution in [0.15, 0.2) is 18.2 Å². The van der Waals surface area contributed by atoms with E-state index in [4.69, 9.17) is 11.6 Å². The maximum Gasteiger partial charge on any atom is 0.152 e. The van der Waals surface area contributed by atoms with Crippen LogP contribution < -0.4 is 5.32 Å². The third-order valence-corrected chi connectivity index (χ3v) is 2.84. The second kappa shape index (κ2) is 4.71. The number of aromatic nitrogens is 3. The molecule has 0 saturated heterocycles. The standard InChI is InChI=1S/C11H12ClFN4/c1-7-15-16-11(17(7)2)6-14-8-3-4-10(13)9(12)5-8/h3-5,14H,6H2,1-2H3. The van der Waals surface area contributed by atoms with E-state index in [1.54, 1.807) is 12.1 Å². The minimum Gasteiger partial charge on any atom is -0.378 e. The van der Waals surface area contributed by atoms with Crippen LogP contribution in [0.1, 0.15) is 11.6 Å². The summed E-state index contributed by atoms with van der Waals surface area (Å²) in [5, 5.41) is 11.2. The molecule has 1 N–H and O–H groups in total. The Hall–Kier alpha value is -1.62. The van der Waals surface area contributed by atoms with Crippen molar-refractivity contribution >= 4 is 17.3 Å². The van der Waals surface area contributed by atoms with Crippen molar-refractivity contribution in [1.29, 1.82) is 0 Å². The fraction of sp³-hybridized carbons (Fsp3) is 0.273. The van der Waals surface area contributed by atoms with E-state index in [1.807, 2.05) is 18.5 Å². The fourth-order valence-corrected chi connectivity index (χ4v) is 1.57. The normalized spacial score (nSPS) is 10.6. The van der Waals surface area contributed by atoms with Crippen molar-refractivity contribution in [1.82, 2.24) is 14.8 Å². The molecule has 2 aromatic rings. The molecule has 0 saturated carbocycles. The lowest BCUT2D eigenvalue weighted by Gasteiger charge is -2.06. The molecule has 0 aliphatic carbocycles. The van der Waals surface area contributed by atoms with Gasteiger partial charge in [-0.1, -0.05) is 11.6 Å². The van der Waals surface area contributed by atoms with Crippen molar-refractivity contribution < 1.29 is 4.39 Å². The molecular formula is C11H12ClFN4. The van der Waals surface area contributed by atoms with Gasteiger partial charge in [0.25, 0.3) is 0 Å². The zero-order valence-corrected chi connectivity index (χ0v) is 10.3. The number of halogens is 2. The Kier molecular flexibility index (Phi) is 3.28. The van der Waals surface area contributed by atoms with Crippen LogP contribution in [-0.2, 0) is 13.6 Å². The zero-order chi connectivity index (χ0) is 12.4. The Balaban J connectivity index is 2.07. The highest BCUT2D eigenvalue weighted by molar-refractivity contribution is 6.31. The lowest BCUT2D eigenvalue weighted by atomic mass is 10.3. The van der Waals surface area contributed by atoms with E-state index in [0.29, 0.717) is 6.54 Å². The molecule has 0 aliphatic rings. The molecule has 90 valence electrons. The molecule has 0 radical (unpaired) electrons. The third-order valence-electron chi connectivity index (χ3n) is 2.55. The summed E-state index contributed by atoms with van der Waals surface area (Å²) < 4.78 is 14.8. The van der Waals surface area contributed by atoms with Gasteiger partial charge in [0.1, 0.15) is 11.6 Å². The van der Waals surface area contributed by atoms with Gasteiger partial charge in [0.2, 0.25) is 0 Å². The first-order valence-corrected chi connectivity index (χ1v) is 5.49. The number of hydrogen-bond donors (Lipinski definition) is 1. The fourth-order valence-electron chi connectivity index (χ4n) is 1.39. The van der Waals surface area contributed by atoms with Gasteiger partial charge in [-0.2, -0.15) is 0 Å². The number of anilines is 1. The predicted octanol–water partition coefficient (Wildman–Crippen LogP) is 2.53. The van der Waals surface area contributed by atoms with Crippen LogP contribution in [0.25, 0.3) is 0 Å². The average Bonchev–Trinajstić information content (AvgIpc) is 2.62. The molecule has 17 heavy (non-hydrogen) atoms. The second-order valence-corrected chi connectivity index (χ2v) is 4.11. The first-order chi connectivity index (χ1) is 8.08. The van der Waals surface area contributed by atoms with Crippen LogP contribution in [-0.4, -0.2) is 14.8 Å². The van der Waals surface area contributed by atoms with Crippen LogP contribution >= 0.6 is 11.6 Å². The molecule has 0 aliphatic heterocycles. The van der Waals surface area contributed by atoms with Gasteiger partial charge in [-0.25, -0.2) is 4.39 Å². The van der Waals surface area contributed by atoms with Gasteiger partial charge in [-0.3, -0.25) is 0 Å². The Morgan fingerprint density at radius 3 is 2.76 bits per heavy atom. The Bertz CT molecular complexity index is 538. The van der Waals surface area contributed by atoms with E-state index >= 15 is 0 Å². The molecule has 0 unspecified atom stereocenters. The molecule has 0 spiro atoms. The van der Waals surface area contributed by atoms with Gasteiger partial charge in [0.15, 0.2) is 5.82 Å². The lowest BCUT2D eigenvalue weighted by Crippen LogP contribution is -2.06. The Labute approximate surface area is 103 Å². The van der Waals surface area contributed by atoms with Crippen LogP contribution in [0, 0.1) is 12.7 Å². The summed E-state index contributed by atoms with van der Waals surface area (Å²) in [5.74, 6) is 1.23. The minimum atomic E-state index is -0.424. The topological polar surface area (TPSA) is 42.7 Å². The Morgan fingerprint density at radius 1 is 1.41 bits per heavy atom. The summed E-state index contributed by atoms with van der Waals surface area (Å²) in [4.78, 5) is 0. The highest BCUT2D eigenvalue weighted by Crippen LogP contribution is 2.19. The smallest absolute Gasteiger partial charge is 0.152 e. The average molecular weight is 255 g/mol. The largest absolute Gasteiger partial charge is 0.378 e. The van der Waals surface area contributed by atoms with Crippen LogP contribution in [0.4, 0.5) is 10.1 Å². The minimum absolute atomic E-state index is 0.101. The molecule has 1 heterocycles. The van der Waals surface area contributed by atoms with Gasteiger partial charge in [0.05, 0.1) is 11.6 Å². The third kappa shape index (κ3) is 2.55. The molecule has 1 aromatic heterocycles. The number of nitrogens with one attached hydrogen (secondary N) is 1. The van der Waals surface area contributed by atoms with E-state index in [0.717, 1.165) is 17.3 Å². The maximum atomic E-state index is 12.9. The highest BCUT2D eigenvalue weighted by Gasteiger charge is 2.05. The summed E-state index contributed by atoms with van der Waals surface area (Å²) in [6.07, 6.45) is 0. The van der Waals surface area contributed by atoms with Crippen molar-refractivity contribution in [3.63, 3.8) is 0 Å². The predicted molar refractivity (Wildman–Crippen MR) is 64.5 cm³/mol. The summed E-state index contributed by atoms with van der Waals surface area (Å²) in [7, 11) is 1.89. The molecular weight excluding hydrogens is 243 g/mol. The summed E-state index contributed by atoms with van der Waals surface area (Å²) in [6.45, 7) is 2.39.